The first-order valence-corrected chi connectivity index (χ1v) is 11.5. The second-order valence-corrected chi connectivity index (χ2v) is 8.68. The molecule has 1 saturated carbocycles. The minimum atomic E-state index is -0.348. The van der Waals surface area contributed by atoms with Crippen LogP contribution in [-0.4, -0.2) is 17.9 Å². The van der Waals surface area contributed by atoms with E-state index in [1.165, 1.54) is 12.1 Å². The topological polar surface area (TPSA) is 58.6 Å². The maximum atomic E-state index is 13.7. The summed E-state index contributed by atoms with van der Waals surface area (Å²) in [6, 6.07) is 20.8. The molecule has 1 heterocycles. The Bertz CT molecular complexity index is 1250. The Labute approximate surface area is 197 Å². The Morgan fingerprint density at radius 2 is 1.79 bits per heavy atom. The van der Waals surface area contributed by atoms with E-state index in [9.17, 15) is 14.0 Å². The second kappa shape index (κ2) is 9.51. The smallest absolute Gasteiger partial charge is 0.294 e. The van der Waals surface area contributed by atoms with E-state index >= 15 is 0 Å². The minimum absolute atomic E-state index is 0.0775. The van der Waals surface area contributed by atoms with E-state index in [1.807, 2.05) is 12.1 Å². The number of nitrogens with zero attached hydrogens (tertiary/aromatic N) is 1. The molecule has 1 fully saturated rings. The molecule has 5 rings (SSSR count). The summed E-state index contributed by atoms with van der Waals surface area (Å²) >= 11 is 0. The summed E-state index contributed by atoms with van der Waals surface area (Å²) in [7, 11) is 0. The highest BCUT2D eigenvalue weighted by Crippen LogP contribution is 2.36. The average Bonchev–Trinajstić information content (AvgIpc) is 3.35. The standard InChI is InChI=1S/C28H25FN2O3/c29-22-7-5-6-20(16-22)18-31-24-10-3-4-11-25(24)34-26(28(31)33)17-19-12-14-21(15-13-19)27(32)30-23-8-1-2-9-23/h3-7,10-17,23H,1-2,8-9,18H2,(H,30,32)/b26-17-. The molecule has 3 aromatic carbocycles. The van der Waals surface area contributed by atoms with E-state index in [-0.39, 0.29) is 36.0 Å². The molecule has 0 atom stereocenters. The van der Waals surface area contributed by atoms with Gasteiger partial charge in [0.2, 0.25) is 0 Å². The van der Waals surface area contributed by atoms with Crippen molar-refractivity contribution in [2.24, 2.45) is 0 Å². The molecule has 1 aliphatic heterocycles. The van der Waals surface area contributed by atoms with Crippen LogP contribution in [0.1, 0.15) is 47.2 Å². The Morgan fingerprint density at radius 1 is 1.03 bits per heavy atom. The highest BCUT2D eigenvalue weighted by Gasteiger charge is 2.30. The molecule has 0 bridgehead atoms. The van der Waals surface area contributed by atoms with Crippen molar-refractivity contribution in [3.05, 3.63) is 101 Å². The molecule has 0 radical (unpaired) electrons. The largest absolute Gasteiger partial charge is 0.449 e. The number of para-hydroxylation sites is 2. The molecule has 0 unspecified atom stereocenters. The highest BCUT2D eigenvalue weighted by atomic mass is 19.1. The fourth-order valence-corrected chi connectivity index (χ4v) is 4.46. The van der Waals surface area contributed by atoms with Crippen molar-refractivity contribution in [1.29, 1.82) is 0 Å². The average molecular weight is 457 g/mol. The number of rotatable bonds is 5. The number of carbonyl (C=O) groups excluding carboxylic acids is 2. The van der Waals surface area contributed by atoms with Gasteiger partial charge in [0, 0.05) is 11.6 Å². The van der Waals surface area contributed by atoms with Gasteiger partial charge in [0.1, 0.15) is 5.82 Å². The number of amides is 2. The Morgan fingerprint density at radius 3 is 2.56 bits per heavy atom. The maximum Gasteiger partial charge on any atom is 0.294 e. The Hall–Kier alpha value is -3.93. The van der Waals surface area contributed by atoms with Crippen LogP contribution < -0.4 is 15.0 Å². The molecule has 1 N–H and O–H groups in total. The number of carbonyl (C=O) groups is 2. The van der Waals surface area contributed by atoms with E-state index < -0.39 is 0 Å². The van der Waals surface area contributed by atoms with Gasteiger partial charge in [0.25, 0.3) is 11.8 Å². The fourth-order valence-electron chi connectivity index (χ4n) is 4.46. The SMILES string of the molecule is O=C(NC1CCCC1)c1ccc(/C=C2\Oc3ccccc3N(Cc3cccc(F)c3)C2=O)cc1. The monoisotopic (exact) mass is 456 g/mol. The number of hydrogen-bond donors (Lipinski definition) is 1. The molecule has 3 aromatic rings. The van der Waals surface area contributed by atoms with Gasteiger partial charge in [0.15, 0.2) is 11.5 Å². The Kier molecular flexibility index (Phi) is 6.12. The Balaban J connectivity index is 1.38. The molecule has 34 heavy (non-hydrogen) atoms. The van der Waals surface area contributed by atoms with Crippen LogP contribution in [0.4, 0.5) is 10.1 Å². The molecule has 0 spiro atoms. The molecule has 0 aromatic heterocycles. The lowest BCUT2D eigenvalue weighted by Gasteiger charge is -2.30. The zero-order chi connectivity index (χ0) is 23.5. The molecule has 5 nitrogen and oxygen atoms in total. The molecular weight excluding hydrogens is 431 g/mol. The predicted octanol–water partition coefficient (Wildman–Crippen LogP) is 5.46. The van der Waals surface area contributed by atoms with Crippen LogP contribution in [0.3, 0.4) is 0 Å². The first-order valence-electron chi connectivity index (χ1n) is 11.5. The molecule has 2 aliphatic rings. The van der Waals surface area contributed by atoms with Crippen LogP contribution in [0.5, 0.6) is 5.75 Å². The summed E-state index contributed by atoms with van der Waals surface area (Å²) in [5.41, 5.74) is 2.64. The van der Waals surface area contributed by atoms with Crippen molar-refractivity contribution in [3.8, 4) is 5.75 Å². The minimum Gasteiger partial charge on any atom is -0.449 e. The van der Waals surface area contributed by atoms with Crippen LogP contribution in [0, 0.1) is 5.82 Å². The fraction of sp³-hybridized carbons (Fsp3) is 0.214. The lowest BCUT2D eigenvalue weighted by Crippen LogP contribution is -2.36. The van der Waals surface area contributed by atoms with E-state index in [0.29, 0.717) is 22.6 Å². The van der Waals surface area contributed by atoms with Crippen LogP contribution in [0.15, 0.2) is 78.6 Å². The number of hydrogen-bond acceptors (Lipinski definition) is 3. The van der Waals surface area contributed by atoms with Gasteiger partial charge >= 0.3 is 0 Å². The number of ether oxygens (including phenoxy) is 1. The van der Waals surface area contributed by atoms with Crippen molar-refractivity contribution in [1.82, 2.24) is 5.32 Å². The molecule has 0 saturated heterocycles. The first kappa shape index (κ1) is 21.9. The van der Waals surface area contributed by atoms with Gasteiger partial charge in [-0.2, -0.15) is 0 Å². The lowest BCUT2D eigenvalue weighted by molar-refractivity contribution is -0.117. The van der Waals surface area contributed by atoms with Gasteiger partial charge in [-0.1, -0.05) is 49.2 Å². The summed E-state index contributed by atoms with van der Waals surface area (Å²) in [5.74, 6) is -0.0211. The lowest BCUT2D eigenvalue weighted by atomic mass is 10.1. The van der Waals surface area contributed by atoms with Gasteiger partial charge in [-0.15, -0.1) is 0 Å². The van der Waals surface area contributed by atoms with Gasteiger partial charge in [-0.3, -0.25) is 14.5 Å². The first-order chi connectivity index (χ1) is 16.6. The number of anilines is 1. The highest BCUT2D eigenvalue weighted by molar-refractivity contribution is 6.09. The predicted molar refractivity (Wildman–Crippen MR) is 129 cm³/mol. The van der Waals surface area contributed by atoms with E-state index in [4.69, 9.17) is 4.74 Å². The van der Waals surface area contributed by atoms with Crippen molar-refractivity contribution < 1.29 is 18.7 Å². The summed E-state index contributed by atoms with van der Waals surface area (Å²) in [6.45, 7) is 0.217. The quantitative estimate of drug-likeness (QED) is 0.519. The van der Waals surface area contributed by atoms with Crippen LogP contribution in [0.2, 0.25) is 0 Å². The molecule has 172 valence electrons. The van der Waals surface area contributed by atoms with Gasteiger partial charge in [-0.25, -0.2) is 4.39 Å². The molecule has 6 heteroatoms. The summed E-state index contributed by atoms with van der Waals surface area (Å²) in [6.07, 6.45) is 6.04. The summed E-state index contributed by atoms with van der Waals surface area (Å²) in [4.78, 5) is 27.4. The van der Waals surface area contributed by atoms with Crippen molar-refractivity contribution in [2.45, 2.75) is 38.3 Å². The van der Waals surface area contributed by atoms with E-state index in [1.54, 1.807) is 59.5 Å². The number of nitrogens with one attached hydrogen (secondary N) is 1. The van der Waals surface area contributed by atoms with Gasteiger partial charge in [-0.05, 0) is 66.4 Å². The normalized spacial score (nSPS) is 16.9. The number of benzene rings is 3. The van der Waals surface area contributed by atoms with Gasteiger partial charge < -0.3 is 10.1 Å². The van der Waals surface area contributed by atoms with Crippen LogP contribution in [-0.2, 0) is 11.3 Å². The van der Waals surface area contributed by atoms with Crippen LogP contribution in [0.25, 0.3) is 6.08 Å². The molecular formula is C28H25FN2O3. The molecule has 2 amide bonds. The zero-order valence-corrected chi connectivity index (χ0v) is 18.7. The molecule has 1 aliphatic carbocycles. The van der Waals surface area contributed by atoms with Crippen molar-refractivity contribution >= 4 is 23.6 Å². The third-order valence-electron chi connectivity index (χ3n) is 6.22. The summed E-state index contributed by atoms with van der Waals surface area (Å²) < 4.78 is 19.6. The maximum absolute atomic E-state index is 13.7. The van der Waals surface area contributed by atoms with Crippen molar-refractivity contribution in [3.63, 3.8) is 0 Å². The van der Waals surface area contributed by atoms with Crippen molar-refractivity contribution in [2.75, 3.05) is 4.90 Å². The summed E-state index contributed by atoms with van der Waals surface area (Å²) in [5, 5.41) is 3.08. The van der Waals surface area contributed by atoms with Crippen LogP contribution >= 0.6 is 0 Å². The second-order valence-electron chi connectivity index (χ2n) is 8.68. The number of fused-ring (bicyclic) bond motifs is 1. The third kappa shape index (κ3) is 4.71. The van der Waals surface area contributed by atoms with E-state index in [0.717, 1.165) is 31.2 Å². The van der Waals surface area contributed by atoms with E-state index in [2.05, 4.69) is 5.32 Å². The number of halogens is 1. The zero-order valence-electron chi connectivity index (χ0n) is 18.7. The third-order valence-corrected chi connectivity index (χ3v) is 6.22. The van der Waals surface area contributed by atoms with Gasteiger partial charge in [0.05, 0.1) is 12.2 Å².